The van der Waals surface area contributed by atoms with E-state index in [-0.39, 0.29) is 49.0 Å². The number of aliphatic hydroxyl groups excluding tert-OH is 1. The zero-order valence-corrected chi connectivity index (χ0v) is 19.3. The Bertz CT molecular complexity index is 1080. The number of hydrogen-bond acceptors (Lipinski definition) is 5. The summed E-state index contributed by atoms with van der Waals surface area (Å²) in [6.07, 6.45) is 0.804. The smallest absolute Gasteiger partial charge is 1.00 e. The van der Waals surface area contributed by atoms with Gasteiger partial charge in [-0.25, -0.2) is 0 Å². The molecule has 0 atom stereocenters. The van der Waals surface area contributed by atoms with E-state index >= 15 is 0 Å². The van der Waals surface area contributed by atoms with Crippen LogP contribution in [0.1, 0.15) is 24.4 Å². The quantitative estimate of drug-likeness (QED) is 0.363. The maximum atomic E-state index is 12.5. The van der Waals surface area contributed by atoms with Crippen LogP contribution in [0.4, 0.5) is 0 Å². The third-order valence-corrected chi connectivity index (χ3v) is 5.08. The Hall–Kier alpha value is -1.94. The van der Waals surface area contributed by atoms with E-state index in [1.165, 1.54) is 16.8 Å². The molecule has 2 N–H and O–H groups in total. The number of ether oxygens (including phenoxy) is 1. The van der Waals surface area contributed by atoms with Crippen LogP contribution < -0.4 is 39.7 Å². The molecule has 154 valence electrons. The molecule has 0 radical (unpaired) electrons. The van der Waals surface area contributed by atoms with Gasteiger partial charge in [-0.2, -0.15) is 8.42 Å². The van der Waals surface area contributed by atoms with Gasteiger partial charge in [-0.3, -0.25) is 9.35 Å². The van der Waals surface area contributed by atoms with Crippen LogP contribution in [0.2, 0.25) is 0 Å². The Morgan fingerprint density at radius 3 is 2.00 bits per heavy atom. The number of aliphatic hydroxyl groups is 1. The van der Waals surface area contributed by atoms with E-state index in [0.29, 0.717) is 0 Å². The number of aryl methyl sites for hydroxylation is 1. The molecule has 0 fully saturated rings. The van der Waals surface area contributed by atoms with Crippen molar-refractivity contribution < 1.29 is 53.8 Å². The molecule has 0 amide bonds. The number of hydrogen-bond donors (Lipinski definition) is 2. The Balaban J connectivity index is 0.00000240. The zero-order valence-electron chi connectivity index (χ0n) is 17.5. The molecule has 9 heteroatoms. The number of benzene rings is 2. The van der Waals surface area contributed by atoms with E-state index < -0.39 is 34.0 Å². The fourth-order valence-corrected chi connectivity index (χ4v) is 3.38. The van der Waals surface area contributed by atoms with E-state index in [4.69, 9.17) is 9.29 Å². The van der Waals surface area contributed by atoms with E-state index in [0.717, 1.165) is 11.1 Å². The molecule has 7 nitrogen and oxygen atoms in total. The molecule has 0 spiro atoms. The minimum atomic E-state index is -4.20. The molecule has 30 heavy (non-hydrogen) atoms. The Morgan fingerprint density at radius 1 is 1.00 bits per heavy atom. The van der Waals surface area contributed by atoms with Crippen LogP contribution in [0.5, 0.6) is 5.75 Å². The summed E-state index contributed by atoms with van der Waals surface area (Å²) in [5.74, 6) is -0.543. The predicted octanol–water partition coefficient (Wildman–Crippen LogP) is -0.487. The topological polar surface area (TPSA) is 106 Å². The van der Waals surface area contributed by atoms with Crippen LogP contribution in [0.15, 0.2) is 77.7 Å². The molecule has 3 rings (SSSR count). The van der Waals surface area contributed by atoms with Crippen molar-refractivity contribution in [2.24, 2.45) is 0 Å². The average molecular weight is 439 g/mol. The van der Waals surface area contributed by atoms with E-state index in [2.05, 4.69) is 0 Å². The standard InChI is InChI=1S/C21H21NO6S.Na.H/c23-15-18-13-19(24)20(14-22(18)11-12-29(25,26)27)28-21(16-7-3-1-4-8-16)17-9-5-2-6-10-17;;/h1-10,13-14,21,23H,11-12,15H2,(H,25,26,27);;/q;+1;-1. The van der Waals surface area contributed by atoms with Crippen molar-refractivity contribution in [3.8, 4) is 5.75 Å². The van der Waals surface area contributed by atoms with E-state index in [1.807, 2.05) is 60.7 Å². The summed E-state index contributed by atoms with van der Waals surface area (Å²) >= 11 is 0. The summed E-state index contributed by atoms with van der Waals surface area (Å²) in [5, 5.41) is 9.49. The van der Waals surface area contributed by atoms with Crippen molar-refractivity contribution in [2.45, 2.75) is 19.3 Å². The average Bonchev–Trinajstić information content (AvgIpc) is 2.72. The van der Waals surface area contributed by atoms with Crippen molar-refractivity contribution >= 4 is 10.1 Å². The van der Waals surface area contributed by atoms with E-state index in [1.54, 1.807) is 0 Å². The van der Waals surface area contributed by atoms with Crippen LogP contribution in [0, 0.1) is 0 Å². The van der Waals surface area contributed by atoms with Crippen molar-refractivity contribution in [3.05, 3.63) is 100.0 Å². The fraction of sp³-hybridized carbons (Fsp3) is 0.190. The van der Waals surface area contributed by atoms with Gasteiger partial charge in [-0.1, -0.05) is 60.7 Å². The molecule has 0 saturated carbocycles. The maximum Gasteiger partial charge on any atom is 1.00 e. The molecule has 0 aliphatic rings. The second kappa shape index (κ2) is 10.9. The first-order chi connectivity index (χ1) is 13.9. The van der Waals surface area contributed by atoms with Gasteiger partial charge in [0.25, 0.3) is 10.1 Å². The molecular weight excluding hydrogens is 417 g/mol. The second-order valence-corrected chi connectivity index (χ2v) is 8.02. The number of nitrogens with zero attached hydrogens (tertiary/aromatic N) is 1. The van der Waals surface area contributed by atoms with Crippen molar-refractivity contribution in [3.63, 3.8) is 0 Å². The fourth-order valence-electron chi connectivity index (χ4n) is 2.95. The van der Waals surface area contributed by atoms with Gasteiger partial charge >= 0.3 is 29.6 Å². The van der Waals surface area contributed by atoms with Crippen molar-refractivity contribution in [1.29, 1.82) is 0 Å². The second-order valence-electron chi connectivity index (χ2n) is 6.45. The molecule has 0 unspecified atom stereocenters. The molecular formula is C21H22NNaO6S. The minimum absolute atomic E-state index is 0. The first-order valence-corrected chi connectivity index (χ1v) is 10.5. The summed E-state index contributed by atoms with van der Waals surface area (Å²) < 4.78 is 38.6. The van der Waals surface area contributed by atoms with Gasteiger partial charge in [-0.05, 0) is 11.1 Å². The summed E-state index contributed by atoms with van der Waals surface area (Å²) in [4.78, 5) is 12.5. The Labute approximate surface area is 198 Å². The van der Waals surface area contributed by atoms with Crippen LogP contribution >= 0.6 is 0 Å². The van der Waals surface area contributed by atoms with E-state index in [9.17, 15) is 18.3 Å². The maximum absolute atomic E-state index is 12.5. The van der Waals surface area contributed by atoms with Gasteiger partial charge in [0.15, 0.2) is 5.75 Å². The SMILES string of the molecule is O=c1cc(CO)n(CCS(=O)(=O)O)cc1OC(c1ccccc1)c1ccccc1.[H-].[Na+]. The molecule has 1 heterocycles. The predicted molar refractivity (Wildman–Crippen MR) is 110 cm³/mol. The summed E-state index contributed by atoms with van der Waals surface area (Å²) in [6.45, 7) is -0.589. The normalized spacial score (nSPS) is 11.2. The van der Waals surface area contributed by atoms with Crippen molar-refractivity contribution in [2.75, 3.05) is 5.75 Å². The van der Waals surface area contributed by atoms with Crippen LogP contribution in [0.3, 0.4) is 0 Å². The molecule has 0 aliphatic heterocycles. The van der Waals surface area contributed by atoms with Gasteiger partial charge in [-0.15, -0.1) is 0 Å². The first kappa shape index (κ1) is 24.3. The van der Waals surface area contributed by atoms with Crippen LogP contribution in [0.25, 0.3) is 0 Å². The Kier molecular flexibility index (Phi) is 8.84. The molecule has 2 aromatic carbocycles. The summed E-state index contributed by atoms with van der Waals surface area (Å²) in [5.41, 5.74) is 1.47. The third-order valence-electron chi connectivity index (χ3n) is 4.38. The number of pyridine rings is 1. The van der Waals surface area contributed by atoms with Gasteiger partial charge in [0.2, 0.25) is 5.43 Å². The van der Waals surface area contributed by atoms with Gasteiger partial charge < -0.3 is 15.8 Å². The molecule has 0 bridgehead atoms. The first-order valence-electron chi connectivity index (χ1n) is 8.93. The van der Waals surface area contributed by atoms with Crippen LogP contribution in [-0.4, -0.2) is 28.4 Å². The minimum Gasteiger partial charge on any atom is -1.00 e. The number of aromatic nitrogens is 1. The van der Waals surface area contributed by atoms with Gasteiger partial charge in [0.1, 0.15) is 6.10 Å². The number of rotatable bonds is 8. The summed E-state index contributed by atoms with van der Waals surface area (Å²) in [6, 6.07) is 20.0. The van der Waals surface area contributed by atoms with Gasteiger partial charge in [0.05, 0.1) is 18.6 Å². The van der Waals surface area contributed by atoms with Crippen LogP contribution in [-0.2, 0) is 23.3 Å². The molecule has 1 aromatic heterocycles. The third kappa shape index (κ3) is 6.53. The molecule has 0 saturated heterocycles. The Morgan fingerprint density at radius 2 is 1.53 bits per heavy atom. The molecule has 3 aromatic rings. The monoisotopic (exact) mass is 439 g/mol. The zero-order chi connectivity index (χ0) is 20.9. The van der Waals surface area contributed by atoms with Gasteiger partial charge in [0, 0.05) is 18.3 Å². The summed E-state index contributed by atoms with van der Waals surface area (Å²) in [7, 11) is -4.20. The van der Waals surface area contributed by atoms with Crippen molar-refractivity contribution in [1.82, 2.24) is 4.57 Å². The largest absolute Gasteiger partial charge is 1.00 e. The molecule has 0 aliphatic carbocycles.